The lowest BCUT2D eigenvalue weighted by Crippen LogP contribution is -2.18. The van der Waals surface area contributed by atoms with Gasteiger partial charge >= 0.3 is 11.9 Å². The van der Waals surface area contributed by atoms with Gasteiger partial charge in [0.05, 0.1) is 21.8 Å². The van der Waals surface area contributed by atoms with Crippen LogP contribution in [0.15, 0.2) is 23.1 Å². The van der Waals surface area contributed by atoms with Crippen LogP contribution in [0, 0.1) is 11.8 Å². The molecule has 0 aromatic heterocycles. The van der Waals surface area contributed by atoms with E-state index in [-0.39, 0.29) is 17.8 Å². The number of aliphatic carboxylic acids is 1. The fourth-order valence-corrected chi connectivity index (χ4v) is 4.70. The first kappa shape index (κ1) is 23.3. The number of hydrogen-bond acceptors (Lipinski definition) is 6. The summed E-state index contributed by atoms with van der Waals surface area (Å²) in [5.41, 5.74) is 0.656. The molecule has 3 fully saturated rings. The Morgan fingerprint density at radius 1 is 1.06 bits per heavy atom. The Morgan fingerprint density at radius 2 is 1.68 bits per heavy atom. The van der Waals surface area contributed by atoms with Crippen LogP contribution in [0.4, 0.5) is 4.79 Å². The predicted octanol–water partition coefficient (Wildman–Crippen LogP) is 5.02. The number of benzene rings is 1. The second-order valence-corrected chi connectivity index (χ2v) is 9.19. The first-order chi connectivity index (χ1) is 14.8. The SMILES string of the molecule is O=C(O)C1CCCC1.O=C1NC(=O)/C(=C/c2ccc(OC(=O)C3CCCC3)c(Cl)c2)S1. The normalized spacial score (nSPS) is 20.5. The van der Waals surface area contributed by atoms with Gasteiger partial charge in [0, 0.05) is 0 Å². The summed E-state index contributed by atoms with van der Waals surface area (Å²) in [4.78, 5) is 45.2. The van der Waals surface area contributed by atoms with Gasteiger partial charge in [-0.3, -0.25) is 24.5 Å². The minimum absolute atomic E-state index is 0.0185. The number of ether oxygens (including phenoxy) is 1. The van der Waals surface area contributed by atoms with E-state index in [2.05, 4.69) is 5.32 Å². The van der Waals surface area contributed by atoms with Crippen molar-refractivity contribution in [2.45, 2.75) is 51.4 Å². The van der Waals surface area contributed by atoms with E-state index in [1.165, 1.54) is 0 Å². The molecule has 2 aliphatic carbocycles. The van der Waals surface area contributed by atoms with Gasteiger partial charge in [-0.05, 0) is 61.2 Å². The van der Waals surface area contributed by atoms with E-state index in [1.807, 2.05) is 0 Å². The second-order valence-electron chi connectivity index (χ2n) is 7.76. The van der Waals surface area contributed by atoms with Crippen LogP contribution in [-0.2, 0) is 14.4 Å². The molecule has 0 unspecified atom stereocenters. The van der Waals surface area contributed by atoms with E-state index in [9.17, 15) is 19.2 Å². The van der Waals surface area contributed by atoms with Crippen LogP contribution in [0.1, 0.15) is 56.9 Å². The second kappa shape index (κ2) is 10.8. The summed E-state index contributed by atoms with van der Waals surface area (Å²) in [6.45, 7) is 0. The Morgan fingerprint density at radius 3 is 2.16 bits per heavy atom. The molecule has 2 amide bonds. The molecule has 1 aliphatic heterocycles. The van der Waals surface area contributed by atoms with Gasteiger partial charge < -0.3 is 9.84 Å². The van der Waals surface area contributed by atoms with E-state index < -0.39 is 17.1 Å². The number of thioether (sulfide) groups is 1. The molecule has 1 heterocycles. The van der Waals surface area contributed by atoms with E-state index in [0.717, 1.165) is 63.1 Å². The van der Waals surface area contributed by atoms with Crippen LogP contribution in [0.2, 0.25) is 5.02 Å². The van der Waals surface area contributed by atoms with Crippen LogP contribution in [0.25, 0.3) is 6.08 Å². The molecule has 0 bridgehead atoms. The average Bonchev–Trinajstić information content (AvgIpc) is 3.48. The summed E-state index contributed by atoms with van der Waals surface area (Å²) in [6, 6.07) is 4.89. The van der Waals surface area contributed by atoms with Crippen molar-refractivity contribution < 1.29 is 29.0 Å². The molecule has 1 aromatic rings. The molecule has 1 aromatic carbocycles. The number of carboxylic acid groups (broad SMARTS) is 1. The Kier molecular flexibility index (Phi) is 8.15. The summed E-state index contributed by atoms with van der Waals surface area (Å²) < 4.78 is 5.36. The number of nitrogens with one attached hydrogen (secondary N) is 1. The number of imide groups is 1. The lowest BCUT2D eigenvalue weighted by molar-refractivity contribution is -0.141. The van der Waals surface area contributed by atoms with Gasteiger partial charge in [-0.25, -0.2) is 0 Å². The third-order valence-corrected chi connectivity index (χ3v) is 6.61. The predicted molar refractivity (Wildman–Crippen MR) is 118 cm³/mol. The van der Waals surface area contributed by atoms with Crippen LogP contribution in [0.3, 0.4) is 0 Å². The first-order valence-electron chi connectivity index (χ1n) is 10.3. The minimum atomic E-state index is -0.609. The largest absolute Gasteiger partial charge is 0.481 e. The Bertz CT molecular complexity index is 903. The lowest BCUT2D eigenvalue weighted by atomic mass is 10.1. The highest BCUT2D eigenvalue weighted by Gasteiger charge is 2.26. The van der Waals surface area contributed by atoms with Gasteiger partial charge in [0.25, 0.3) is 11.1 Å². The maximum atomic E-state index is 12.0. The number of carbonyl (C=O) groups excluding carboxylic acids is 3. The quantitative estimate of drug-likeness (QED) is 0.365. The van der Waals surface area contributed by atoms with Crippen LogP contribution >= 0.6 is 23.4 Å². The maximum absolute atomic E-state index is 12.0. The van der Waals surface area contributed by atoms with E-state index >= 15 is 0 Å². The van der Waals surface area contributed by atoms with Gasteiger partial charge in [-0.15, -0.1) is 0 Å². The van der Waals surface area contributed by atoms with Gasteiger partial charge in [-0.2, -0.15) is 0 Å². The number of rotatable bonds is 4. The summed E-state index contributed by atoms with van der Waals surface area (Å²) in [7, 11) is 0. The van der Waals surface area contributed by atoms with Crippen molar-refractivity contribution in [1.82, 2.24) is 5.32 Å². The smallest absolute Gasteiger partial charge is 0.314 e. The highest BCUT2D eigenvalue weighted by atomic mass is 35.5. The average molecular weight is 466 g/mol. The molecule has 0 atom stereocenters. The van der Waals surface area contributed by atoms with Gasteiger partial charge in [0.15, 0.2) is 0 Å². The van der Waals surface area contributed by atoms with Crippen molar-refractivity contribution >= 4 is 52.5 Å². The fourth-order valence-electron chi connectivity index (χ4n) is 3.79. The molecule has 31 heavy (non-hydrogen) atoms. The van der Waals surface area contributed by atoms with Crippen molar-refractivity contribution in [2.75, 3.05) is 0 Å². The Hall–Kier alpha value is -2.32. The Labute approximate surface area is 189 Å². The van der Waals surface area contributed by atoms with E-state index in [0.29, 0.717) is 21.2 Å². The van der Waals surface area contributed by atoms with Crippen molar-refractivity contribution in [3.05, 3.63) is 33.7 Å². The van der Waals surface area contributed by atoms with Crippen molar-refractivity contribution in [1.29, 1.82) is 0 Å². The molecule has 0 spiro atoms. The molecular weight excluding hydrogens is 442 g/mol. The minimum Gasteiger partial charge on any atom is -0.481 e. The van der Waals surface area contributed by atoms with E-state index in [4.69, 9.17) is 21.4 Å². The van der Waals surface area contributed by atoms with Gasteiger partial charge in [0.2, 0.25) is 0 Å². The molecule has 3 aliphatic rings. The topological polar surface area (TPSA) is 110 Å². The van der Waals surface area contributed by atoms with Crippen molar-refractivity contribution in [3.63, 3.8) is 0 Å². The lowest BCUT2D eigenvalue weighted by Gasteiger charge is -2.10. The van der Waals surface area contributed by atoms with Crippen molar-refractivity contribution in [2.24, 2.45) is 11.8 Å². The number of carboxylic acids is 1. The standard InChI is InChI=1S/C16H14ClNO4S.C6H10O2/c17-11-7-9(8-13-14(19)18-16(21)23-13)5-6-12(11)22-15(20)10-3-1-2-4-10;7-6(8)5-3-1-2-4-5/h5-8,10H,1-4H2,(H,18,19,21);5H,1-4H2,(H,7,8)/b13-8-;. The highest BCUT2D eigenvalue weighted by Crippen LogP contribution is 2.32. The summed E-state index contributed by atoms with van der Waals surface area (Å²) >= 11 is 6.99. The first-order valence-corrected chi connectivity index (χ1v) is 11.5. The molecule has 7 nitrogen and oxygen atoms in total. The zero-order valence-electron chi connectivity index (χ0n) is 16.9. The summed E-state index contributed by atoms with van der Waals surface area (Å²) in [5, 5.41) is 10.5. The van der Waals surface area contributed by atoms with Gasteiger partial charge in [0.1, 0.15) is 5.75 Å². The van der Waals surface area contributed by atoms with Crippen LogP contribution in [0.5, 0.6) is 5.75 Å². The van der Waals surface area contributed by atoms with Crippen molar-refractivity contribution in [3.8, 4) is 5.75 Å². The van der Waals surface area contributed by atoms with Crippen LogP contribution in [-0.4, -0.2) is 28.2 Å². The third-order valence-electron chi connectivity index (χ3n) is 5.50. The van der Waals surface area contributed by atoms with E-state index in [1.54, 1.807) is 24.3 Å². The number of carbonyl (C=O) groups is 4. The monoisotopic (exact) mass is 465 g/mol. The number of amides is 2. The molecule has 2 N–H and O–H groups in total. The molecule has 4 rings (SSSR count). The van der Waals surface area contributed by atoms with Crippen LogP contribution < -0.4 is 10.1 Å². The third kappa shape index (κ3) is 6.58. The molecule has 9 heteroatoms. The Balaban J connectivity index is 0.000000287. The highest BCUT2D eigenvalue weighted by molar-refractivity contribution is 8.18. The zero-order valence-corrected chi connectivity index (χ0v) is 18.5. The van der Waals surface area contributed by atoms with Gasteiger partial charge in [-0.1, -0.05) is 43.4 Å². The summed E-state index contributed by atoms with van der Waals surface area (Å²) in [6.07, 6.45) is 9.41. The molecule has 0 radical (unpaired) electrons. The number of halogens is 1. The zero-order chi connectivity index (χ0) is 22.4. The summed E-state index contributed by atoms with van der Waals surface area (Å²) in [5.74, 6) is -1.03. The molecule has 2 saturated carbocycles. The molecule has 1 saturated heterocycles. The molecular formula is C22H24ClNO6S. The molecule has 166 valence electrons. The maximum Gasteiger partial charge on any atom is 0.314 e. The fraction of sp³-hybridized carbons (Fsp3) is 0.455. The number of esters is 1. The number of hydrogen-bond donors (Lipinski definition) is 2.